The fourth-order valence-electron chi connectivity index (χ4n) is 9.12. The Labute approximate surface area is 323 Å². The summed E-state index contributed by atoms with van der Waals surface area (Å²) in [5.41, 5.74) is 4.03. The fourth-order valence-corrected chi connectivity index (χ4v) is 11.2. The number of carbonyl (C=O) groups excluding carboxylic acids is 2. The van der Waals surface area contributed by atoms with E-state index in [9.17, 15) is 18.9 Å². The molecule has 1 spiro atoms. The lowest BCUT2D eigenvalue weighted by atomic mass is 9.68. The van der Waals surface area contributed by atoms with E-state index in [0.29, 0.717) is 50.6 Å². The number of carbonyl (C=O) groups is 2. The molecule has 2 aliphatic carbocycles. The van der Waals surface area contributed by atoms with Gasteiger partial charge in [-0.3, -0.25) is 14.3 Å². The Kier molecular flexibility index (Phi) is 9.76. The van der Waals surface area contributed by atoms with Crippen molar-refractivity contribution in [3.63, 3.8) is 0 Å². The Morgan fingerprint density at radius 1 is 1.11 bits per heavy atom. The molecule has 3 aromatic rings. The molecule has 288 valence electrons. The summed E-state index contributed by atoms with van der Waals surface area (Å²) in [5, 5.41) is 11.5. The van der Waals surface area contributed by atoms with Crippen LogP contribution in [0.1, 0.15) is 97.3 Å². The molecule has 2 N–H and O–H groups in total. The third-order valence-electron chi connectivity index (χ3n) is 12.7. The SMILES string of the molecule is C[C@@H]1[C@@H](C)C/C=C/[C@H](O)[C@@H]2CC[C@H]2CN2C[C@@]3(CCCc4cc(Cl)ccc43)COc3ccc(cc32)C(=O)N=S1(=O)NC(=O)c1cc2n(c1)CC(C)(C)OC2. The predicted molar refractivity (Wildman–Crippen MR) is 210 cm³/mol. The smallest absolute Gasteiger partial charge is 0.286 e. The van der Waals surface area contributed by atoms with Crippen molar-refractivity contribution in [3.8, 4) is 5.75 Å². The molecule has 1 fully saturated rings. The molecule has 0 radical (unpaired) electrons. The van der Waals surface area contributed by atoms with Crippen LogP contribution < -0.4 is 14.4 Å². The number of aromatic nitrogens is 1. The Hall–Kier alpha value is -3.64. The van der Waals surface area contributed by atoms with Crippen LogP contribution in [0.25, 0.3) is 0 Å². The van der Waals surface area contributed by atoms with E-state index in [0.717, 1.165) is 48.5 Å². The first-order valence-corrected chi connectivity index (χ1v) is 21.3. The van der Waals surface area contributed by atoms with Gasteiger partial charge >= 0.3 is 0 Å². The number of allylic oxidation sites excluding steroid dienone is 1. The maximum absolute atomic E-state index is 15.0. The van der Waals surface area contributed by atoms with Gasteiger partial charge in [-0.2, -0.15) is 0 Å². The van der Waals surface area contributed by atoms with Crippen molar-refractivity contribution in [2.75, 3.05) is 24.6 Å². The highest BCUT2D eigenvalue weighted by molar-refractivity contribution is 7.93. The summed E-state index contributed by atoms with van der Waals surface area (Å²) >= 11 is 6.46. The number of aryl methyl sites for hydroxylation is 1. The summed E-state index contributed by atoms with van der Waals surface area (Å²) < 4.78 is 36.7. The molecule has 2 amide bonds. The van der Waals surface area contributed by atoms with Gasteiger partial charge in [0.2, 0.25) is 0 Å². The van der Waals surface area contributed by atoms with E-state index in [1.54, 1.807) is 31.3 Å². The highest BCUT2D eigenvalue weighted by Gasteiger charge is 2.44. The van der Waals surface area contributed by atoms with E-state index in [-0.39, 0.29) is 34.3 Å². The maximum atomic E-state index is 15.0. The van der Waals surface area contributed by atoms with Crippen LogP contribution in [0.2, 0.25) is 5.02 Å². The number of ether oxygens (including phenoxy) is 2. The van der Waals surface area contributed by atoms with Gasteiger partial charge in [0.05, 0.1) is 48.0 Å². The zero-order chi connectivity index (χ0) is 38.0. The number of halogens is 1. The quantitative estimate of drug-likeness (QED) is 0.263. The zero-order valence-electron chi connectivity index (χ0n) is 31.6. The molecular formula is C42H51ClN4O6S. The van der Waals surface area contributed by atoms with E-state index < -0.39 is 33.1 Å². The lowest BCUT2D eigenvalue weighted by Crippen LogP contribution is -2.49. The third kappa shape index (κ3) is 7.01. The number of anilines is 1. The van der Waals surface area contributed by atoms with E-state index in [1.807, 2.05) is 49.6 Å². The summed E-state index contributed by atoms with van der Waals surface area (Å²) in [7, 11) is -3.65. The van der Waals surface area contributed by atoms with Crippen molar-refractivity contribution in [2.45, 2.75) is 102 Å². The minimum atomic E-state index is -3.65. The summed E-state index contributed by atoms with van der Waals surface area (Å²) in [5.74, 6) is -0.448. The number of hydrogen-bond donors (Lipinski definition) is 2. The van der Waals surface area contributed by atoms with Gasteiger partial charge in [0.25, 0.3) is 11.8 Å². The van der Waals surface area contributed by atoms with E-state index in [2.05, 4.69) is 26.1 Å². The highest BCUT2D eigenvalue weighted by Crippen LogP contribution is 2.47. The number of aliphatic hydroxyl groups is 1. The van der Waals surface area contributed by atoms with Crippen LogP contribution in [0.15, 0.2) is 65.2 Å². The van der Waals surface area contributed by atoms with Crippen molar-refractivity contribution in [2.24, 2.45) is 22.1 Å². The van der Waals surface area contributed by atoms with Crippen LogP contribution >= 0.6 is 11.6 Å². The molecule has 1 saturated carbocycles. The van der Waals surface area contributed by atoms with Gasteiger partial charge in [-0.15, -0.1) is 4.36 Å². The van der Waals surface area contributed by atoms with E-state index in [4.69, 9.17) is 21.1 Å². The van der Waals surface area contributed by atoms with Crippen LogP contribution in [-0.2, 0) is 39.6 Å². The predicted octanol–water partition coefficient (Wildman–Crippen LogP) is 7.25. The molecule has 2 bridgehead atoms. The molecular weight excluding hydrogens is 724 g/mol. The largest absolute Gasteiger partial charge is 0.490 e. The molecule has 8 rings (SSSR count). The summed E-state index contributed by atoms with van der Waals surface area (Å²) in [6.07, 6.45) is 10.3. The monoisotopic (exact) mass is 774 g/mol. The van der Waals surface area contributed by atoms with E-state index >= 15 is 0 Å². The standard InChI is InChI=1S/C42H51ClN4O6S/c1-26-7-5-9-37(48)34-13-10-30(34)20-47-24-42(16-6-8-28-17-32(43)12-14-35(28)42)25-52-38-15-11-29(19-36(38)47)39(49)44-54(51,27(26)2)45-40(50)31-18-33-22-53-41(3,4)23-46(33)21-31/h5,9,11-12,14-15,17-19,21,26-27,30,34,37,48H,6-8,10,13,16,20,22-25H2,1-4H3,(H,44,45,49,50,51)/b9-5+/t26-,27+,30-,34+,37-,42-,54?/m0/s1. The zero-order valence-corrected chi connectivity index (χ0v) is 33.1. The van der Waals surface area contributed by atoms with Crippen LogP contribution in [0.4, 0.5) is 5.69 Å². The average molecular weight is 775 g/mol. The molecule has 10 nitrogen and oxygen atoms in total. The highest BCUT2D eigenvalue weighted by atomic mass is 35.5. The van der Waals surface area contributed by atoms with Crippen LogP contribution in [0.5, 0.6) is 5.75 Å². The van der Waals surface area contributed by atoms with Crippen molar-refractivity contribution in [1.29, 1.82) is 0 Å². The molecule has 7 atom stereocenters. The van der Waals surface area contributed by atoms with Gasteiger partial charge in [0, 0.05) is 41.0 Å². The second-order valence-electron chi connectivity index (χ2n) is 16.9. The van der Waals surface area contributed by atoms with Crippen LogP contribution in [-0.4, -0.2) is 62.3 Å². The maximum Gasteiger partial charge on any atom is 0.286 e. The molecule has 4 heterocycles. The Balaban J connectivity index is 1.18. The van der Waals surface area contributed by atoms with Gasteiger partial charge < -0.3 is 24.0 Å². The lowest BCUT2D eigenvalue weighted by molar-refractivity contribution is -0.0625. The van der Waals surface area contributed by atoms with Crippen molar-refractivity contribution >= 4 is 39.0 Å². The van der Waals surface area contributed by atoms with Gasteiger partial charge in [0.15, 0.2) is 0 Å². The average Bonchev–Trinajstić information content (AvgIpc) is 3.47. The Morgan fingerprint density at radius 2 is 1.94 bits per heavy atom. The molecule has 2 aromatic carbocycles. The molecule has 1 aromatic heterocycles. The van der Waals surface area contributed by atoms with Gasteiger partial charge in [0.1, 0.15) is 15.7 Å². The topological polar surface area (TPSA) is 122 Å². The number of fused-ring (bicyclic) bond motifs is 5. The number of benzene rings is 2. The van der Waals surface area contributed by atoms with Gasteiger partial charge in [-0.05, 0) is 125 Å². The normalized spacial score (nSPS) is 32.4. The third-order valence-corrected chi connectivity index (χ3v) is 15.3. The summed E-state index contributed by atoms with van der Waals surface area (Å²) in [4.78, 5) is 30.4. The number of nitrogens with one attached hydrogen (secondary N) is 1. The number of amides is 2. The first kappa shape index (κ1) is 37.3. The number of nitrogens with zero attached hydrogens (tertiary/aromatic N) is 3. The van der Waals surface area contributed by atoms with Crippen molar-refractivity contribution in [3.05, 3.63) is 93.8 Å². The first-order chi connectivity index (χ1) is 25.7. The van der Waals surface area contributed by atoms with Crippen LogP contribution in [0, 0.1) is 17.8 Å². The molecule has 54 heavy (non-hydrogen) atoms. The Morgan fingerprint density at radius 3 is 2.74 bits per heavy atom. The number of rotatable bonds is 2. The minimum Gasteiger partial charge on any atom is -0.490 e. The molecule has 0 saturated heterocycles. The van der Waals surface area contributed by atoms with Crippen molar-refractivity contribution < 1.29 is 28.4 Å². The number of hydrogen-bond acceptors (Lipinski definition) is 7. The van der Waals surface area contributed by atoms with Crippen molar-refractivity contribution in [1.82, 2.24) is 9.29 Å². The summed E-state index contributed by atoms with van der Waals surface area (Å²) in [6, 6.07) is 13.2. The minimum absolute atomic E-state index is 0.0930. The first-order valence-electron chi connectivity index (χ1n) is 19.3. The molecule has 3 aliphatic heterocycles. The van der Waals surface area contributed by atoms with Gasteiger partial charge in [-0.25, -0.2) is 4.21 Å². The van der Waals surface area contributed by atoms with E-state index in [1.165, 1.54) is 11.1 Å². The summed E-state index contributed by atoms with van der Waals surface area (Å²) in [6.45, 7) is 10.5. The number of aliphatic hydroxyl groups excluding tert-OH is 1. The van der Waals surface area contributed by atoms with Crippen LogP contribution in [0.3, 0.4) is 0 Å². The fraction of sp³-hybridized carbons (Fsp3) is 0.524. The van der Waals surface area contributed by atoms with Gasteiger partial charge in [-0.1, -0.05) is 36.7 Å². The second kappa shape index (κ2) is 14.1. The molecule has 1 unspecified atom stereocenters. The molecule has 5 aliphatic rings. The lowest BCUT2D eigenvalue weighted by Gasteiger charge is -2.45. The second-order valence-corrected chi connectivity index (χ2v) is 19.6. The Bertz CT molecular complexity index is 2140. The molecule has 12 heteroatoms.